The zero-order chi connectivity index (χ0) is 30.3. The molecule has 1 N–H and O–H groups in total. The zero-order valence-electron chi connectivity index (χ0n) is 23.9. The topological polar surface area (TPSA) is 86.8 Å². The third kappa shape index (κ3) is 7.65. The van der Waals surface area contributed by atoms with Crippen molar-refractivity contribution in [2.45, 2.75) is 75.9 Å². The van der Waals surface area contributed by atoms with Crippen molar-refractivity contribution in [3.8, 4) is 0 Å². The van der Waals surface area contributed by atoms with Gasteiger partial charge >= 0.3 is 0 Å². The molecular weight excluding hydrogens is 593 g/mol. The van der Waals surface area contributed by atoms with Gasteiger partial charge in [0.05, 0.1) is 10.6 Å². The van der Waals surface area contributed by atoms with Crippen LogP contribution >= 0.6 is 23.2 Å². The molecule has 0 aliphatic heterocycles. The molecule has 7 nitrogen and oxygen atoms in total. The molecule has 0 aromatic heterocycles. The van der Waals surface area contributed by atoms with Crippen LogP contribution in [0.4, 0.5) is 5.69 Å². The Labute approximate surface area is 258 Å². The van der Waals surface area contributed by atoms with E-state index in [0.717, 1.165) is 36.4 Å². The van der Waals surface area contributed by atoms with Crippen LogP contribution in [0.5, 0.6) is 0 Å². The molecule has 0 bridgehead atoms. The van der Waals surface area contributed by atoms with Crippen molar-refractivity contribution in [2.24, 2.45) is 0 Å². The van der Waals surface area contributed by atoms with Gasteiger partial charge in [0.2, 0.25) is 11.8 Å². The van der Waals surface area contributed by atoms with Gasteiger partial charge in [-0.05, 0) is 73.7 Å². The van der Waals surface area contributed by atoms with E-state index in [2.05, 4.69) is 5.32 Å². The Kier molecular flexibility index (Phi) is 10.9. The number of nitrogens with one attached hydrogen (secondary N) is 1. The molecule has 3 aromatic carbocycles. The Morgan fingerprint density at radius 1 is 0.929 bits per heavy atom. The average molecular weight is 631 g/mol. The number of sulfonamides is 1. The minimum atomic E-state index is -4.18. The fraction of sp³-hybridized carbons (Fsp3) is 0.375. The fourth-order valence-corrected chi connectivity index (χ4v) is 7.16. The highest BCUT2D eigenvalue weighted by Crippen LogP contribution is 2.29. The summed E-state index contributed by atoms with van der Waals surface area (Å²) in [5, 5.41) is 4.01. The van der Waals surface area contributed by atoms with Crippen molar-refractivity contribution in [1.82, 2.24) is 10.2 Å². The third-order valence-electron chi connectivity index (χ3n) is 7.70. The Hall–Kier alpha value is -3.07. The maximum Gasteiger partial charge on any atom is 0.264 e. The van der Waals surface area contributed by atoms with Crippen LogP contribution < -0.4 is 9.62 Å². The van der Waals surface area contributed by atoms with E-state index in [1.807, 2.05) is 13.0 Å². The summed E-state index contributed by atoms with van der Waals surface area (Å²) in [5.74, 6) is -0.755. The lowest BCUT2D eigenvalue weighted by Crippen LogP contribution is -2.54. The van der Waals surface area contributed by atoms with E-state index in [1.54, 1.807) is 49.4 Å². The molecule has 0 spiro atoms. The van der Waals surface area contributed by atoms with E-state index in [4.69, 9.17) is 23.2 Å². The van der Waals surface area contributed by atoms with Crippen molar-refractivity contribution >= 4 is 50.7 Å². The lowest BCUT2D eigenvalue weighted by atomic mass is 9.95. The number of halogens is 2. The van der Waals surface area contributed by atoms with Crippen LogP contribution in [0, 0.1) is 6.92 Å². The van der Waals surface area contributed by atoms with E-state index in [-0.39, 0.29) is 23.4 Å². The quantitative estimate of drug-likeness (QED) is 0.254. The molecule has 1 aliphatic carbocycles. The molecule has 0 radical (unpaired) electrons. The van der Waals surface area contributed by atoms with Gasteiger partial charge in [0.25, 0.3) is 10.0 Å². The highest BCUT2D eigenvalue weighted by Gasteiger charge is 2.35. The Bertz CT molecular complexity index is 1490. The summed E-state index contributed by atoms with van der Waals surface area (Å²) in [4.78, 5) is 29.4. The number of benzene rings is 3. The van der Waals surface area contributed by atoms with E-state index in [9.17, 15) is 18.0 Å². The number of aryl methyl sites for hydroxylation is 1. The van der Waals surface area contributed by atoms with Gasteiger partial charge in [-0.1, -0.05) is 85.8 Å². The first-order valence-electron chi connectivity index (χ1n) is 14.3. The minimum absolute atomic E-state index is 0.00249. The summed E-state index contributed by atoms with van der Waals surface area (Å²) >= 11 is 12.5. The van der Waals surface area contributed by atoms with Crippen molar-refractivity contribution in [3.63, 3.8) is 0 Å². The van der Waals surface area contributed by atoms with E-state index in [1.165, 1.54) is 29.2 Å². The molecule has 224 valence electrons. The zero-order valence-corrected chi connectivity index (χ0v) is 26.3. The van der Waals surface area contributed by atoms with Crippen LogP contribution in [0.3, 0.4) is 0 Å². The predicted molar refractivity (Wildman–Crippen MR) is 168 cm³/mol. The molecule has 4 rings (SSSR count). The van der Waals surface area contributed by atoms with Crippen LogP contribution in [-0.2, 0) is 26.2 Å². The molecule has 0 unspecified atom stereocenters. The van der Waals surface area contributed by atoms with Crippen LogP contribution in [-0.4, -0.2) is 43.8 Å². The molecule has 10 heteroatoms. The first-order valence-corrected chi connectivity index (χ1v) is 16.5. The number of nitrogens with zero attached hydrogens (tertiary/aromatic N) is 2. The van der Waals surface area contributed by atoms with Gasteiger partial charge < -0.3 is 10.2 Å². The first-order chi connectivity index (χ1) is 20.1. The minimum Gasteiger partial charge on any atom is -0.352 e. The highest BCUT2D eigenvalue weighted by atomic mass is 35.5. The second-order valence-electron chi connectivity index (χ2n) is 10.6. The Morgan fingerprint density at radius 3 is 2.21 bits per heavy atom. The summed E-state index contributed by atoms with van der Waals surface area (Å²) in [7, 11) is -4.18. The van der Waals surface area contributed by atoms with Crippen LogP contribution in [0.1, 0.15) is 56.6 Å². The fourth-order valence-electron chi connectivity index (χ4n) is 5.36. The molecular formula is C32H37Cl2N3O4S. The van der Waals surface area contributed by atoms with E-state index < -0.39 is 28.5 Å². The maximum absolute atomic E-state index is 14.3. The molecule has 1 atom stereocenters. The van der Waals surface area contributed by atoms with Gasteiger partial charge in [-0.25, -0.2) is 8.42 Å². The molecule has 1 aliphatic rings. The second kappa shape index (κ2) is 14.4. The third-order valence-corrected chi connectivity index (χ3v) is 10.1. The normalized spacial score (nSPS) is 14.7. The predicted octanol–water partition coefficient (Wildman–Crippen LogP) is 6.75. The van der Waals surface area contributed by atoms with Gasteiger partial charge in [0.1, 0.15) is 12.6 Å². The van der Waals surface area contributed by atoms with Gasteiger partial charge in [-0.3, -0.25) is 13.9 Å². The van der Waals surface area contributed by atoms with Gasteiger partial charge in [-0.15, -0.1) is 0 Å². The van der Waals surface area contributed by atoms with Gasteiger partial charge in [-0.2, -0.15) is 0 Å². The molecule has 0 saturated heterocycles. The first kappa shape index (κ1) is 31.9. The van der Waals surface area contributed by atoms with E-state index >= 15 is 0 Å². The van der Waals surface area contributed by atoms with Crippen LogP contribution in [0.15, 0.2) is 77.7 Å². The van der Waals surface area contributed by atoms with Crippen LogP contribution in [0.25, 0.3) is 0 Å². The van der Waals surface area contributed by atoms with Crippen molar-refractivity contribution < 1.29 is 18.0 Å². The largest absolute Gasteiger partial charge is 0.352 e. The molecule has 1 fully saturated rings. The number of para-hydroxylation sites is 1. The van der Waals surface area contributed by atoms with Crippen molar-refractivity contribution in [3.05, 3.63) is 94.0 Å². The molecule has 42 heavy (non-hydrogen) atoms. The van der Waals surface area contributed by atoms with Crippen LogP contribution in [0.2, 0.25) is 10.0 Å². The van der Waals surface area contributed by atoms with Crippen molar-refractivity contribution in [1.29, 1.82) is 0 Å². The monoisotopic (exact) mass is 629 g/mol. The molecule has 2 amide bonds. The number of carbonyl (C=O) groups excluding carboxylic acids is 2. The number of anilines is 1. The summed E-state index contributed by atoms with van der Waals surface area (Å²) in [5.41, 5.74) is 1.72. The average Bonchev–Trinajstić information content (AvgIpc) is 2.98. The lowest BCUT2D eigenvalue weighted by Gasteiger charge is -2.35. The second-order valence-corrected chi connectivity index (χ2v) is 13.3. The number of hydrogen-bond donors (Lipinski definition) is 1. The molecule has 1 saturated carbocycles. The summed E-state index contributed by atoms with van der Waals surface area (Å²) in [6, 6.07) is 19.2. The summed E-state index contributed by atoms with van der Waals surface area (Å²) in [6.45, 7) is 3.19. The van der Waals surface area contributed by atoms with Crippen molar-refractivity contribution in [2.75, 3.05) is 10.8 Å². The standard InChI is InChI=1S/C32H37Cl2N3O4S/c1-3-29(32(39)35-26-13-5-4-6-14-26)36(21-24-12-8-9-15-28(24)34)31(38)22-37(30-16-10-7-11-23(30)2)42(40,41)27-19-17-25(33)18-20-27/h7-12,15-20,26,29H,3-6,13-14,21-22H2,1-2H3,(H,35,39)/t29-/m0/s1. The maximum atomic E-state index is 14.3. The number of rotatable bonds is 11. The lowest BCUT2D eigenvalue weighted by molar-refractivity contribution is -0.140. The SMILES string of the molecule is CC[C@@H](C(=O)NC1CCCCC1)N(Cc1ccccc1Cl)C(=O)CN(c1ccccc1C)S(=O)(=O)c1ccc(Cl)cc1. The Morgan fingerprint density at radius 2 is 1.57 bits per heavy atom. The summed E-state index contributed by atoms with van der Waals surface area (Å²) < 4.78 is 29.1. The Balaban J connectivity index is 1.72. The smallest absolute Gasteiger partial charge is 0.264 e. The van der Waals surface area contributed by atoms with Gasteiger partial charge in [0.15, 0.2) is 0 Å². The number of hydrogen-bond acceptors (Lipinski definition) is 4. The number of amides is 2. The molecule has 3 aromatic rings. The van der Waals surface area contributed by atoms with E-state index in [0.29, 0.717) is 33.3 Å². The van der Waals surface area contributed by atoms with Gasteiger partial charge in [0, 0.05) is 22.6 Å². The highest BCUT2D eigenvalue weighted by molar-refractivity contribution is 7.92. The summed E-state index contributed by atoms with van der Waals surface area (Å²) in [6.07, 6.45) is 5.42. The number of carbonyl (C=O) groups is 2. The molecule has 0 heterocycles.